The highest BCUT2D eigenvalue weighted by molar-refractivity contribution is 6.30. The van der Waals surface area contributed by atoms with Gasteiger partial charge in [-0.1, -0.05) is 17.7 Å². The summed E-state index contributed by atoms with van der Waals surface area (Å²) in [6.07, 6.45) is 0. The second-order valence-electron chi connectivity index (χ2n) is 6.81. The van der Waals surface area contributed by atoms with Gasteiger partial charge in [0, 0.05) is 48.6 Å². The summed E-state index contributed by atoms with van der Waals surface area (Å²) in [6.45, 7) is 6.11. The Kier molecular flexibility index (Phi) is 5.09. The number of ether oxygens (including phenoxy) is 2. The number of nitrogens with zero attached hydrogens (tertiary/aromatic N) is 2. The van der Waals surface area contributed by atoms with Crippen molar-refractivity contribution in [2.45, 2.75) is 6.92 Å². The van der Waals surface area contributed by atoms with Crippen molar-refractivity contribution in [1.82, 2.24) is 4.90 Å². The zero-order valence-corrected chi connectivity index (χ0v) is 16.0. The molecule has 0 unspecified atom stereocenters. The third-order valence-electron chi connectivity index (χ3n) is 4.91. The number of piperazine rings is 1. The molecule has 1 saturated heterocycles. The number of nitrogens with one attached hydrogen (secondary N) is 1. The van der Waals surface area contributed by atoms with Crippen molar-refractivity contribution in [1.29, 1.82) is 0 Å². The fraction of sp³-hybridized carbons (Fsp3) is 0.350. The smallest absolute Gasteiger partial charge is 0.238 e. The van der Waals surface area contributed by atoms with E-state index in [-0.39, 0.29) is 12.7 Å². The summed E-state index contributed by atoms with van der Waals surface area (Å²) in [4.78, 5) is 16.9. The van der Waals surface area contributed by atoms with Crippen molar-refractivity contribution in [3.8, 4) is 11.5 Å². The van der Waals surface area contributed by atoms with Gasteiger partial charge in [0.25, 0.3) is 0 Å². The highest BCUT2D eigenvalue weighted by atomic mass is 35.5. The Bertz CT molecular complexity index is 850. The number of anilines is 2. The van der Waals surface area contributed by atoms with Gasteiger partial charge in [-0.2, -0.15) is 0 Å². The van der Waals surface area contributed by atoms with Gasteiger partial charge >= 0.3 is 0 Å². The van der Waals surface area contributed by atoms with E-state index in [1.165, 1.54) is 11.3 Å². The molecule has 2 aromatic rings. The van der Waals surface area contributed by atoms with Crippen LogP contribution in [0.4, 0.5) is 11.4 Å². The summed E-state index contributed by atoms with van der Waals surface area (Å²) in [7, 11) is 0. The van der Waals surface area contributed by atoms with Crippen molar-refractivity contribution in [2.24, 2.45) is 0 Å². The monoisotopic (exact) mass is 387 g/mol. The van der Waals surface area contributed by atoms with Crippen LogP contribution in [-0.2, 0) is 4.79 Å². The van der Waals surface area contributed by atoms with E-state index in [9.17, 15) is 4.79 Å². The van der Waals surface area contributed by atoms with Gasteiger partial charge in [-0.05, 0) is 36.8 Å². The van der Waals surface area contributed by atoms with Crippen LogP contribution in [0.5, 0.6) is 11.5 Å². The summed E-state index contributed by atoms with van der Waals surface area (Å²) in [5.74, 6) is 1.35. The maximum absolute atomic E-state index is 12.4. The van der Waals surface area contributed by atoms with Crippen LogP contribution in [0.25, 0.3) is 0 Å². The summed E-state index contributed by atoms with van der Waals surface area (Å²) < 4.78 is 10.6. The van der Waals surface area contributed by atoms with E-state index in [2.05, 4.69) is 22.0 Å². The average molecular weight is 388 g/mol. The molecule has 2 aromatic carbocycles. The molecule has 2 aliphatic rings. The predicted molar refractivity (Wildman–Crippen MR) is 106 cm³/mol. The lowest BCUT2D eigenvalue weighted by Gasteiger charge is -2.36. The van der Waals surface area contributed by atoms with Crippen molar-refractivity contribution in [3.63, 3.8) is 0 Å². The fourth-order valence-corrected chi connectivity index (χ4v) is 3.61. The Balaban J connectivity index is 1.30. The first-order chi connectivity index (χ1) is 13.1. The van der Waals surface area contributed by atoms with Crippen LogP contribution in [0.2, 0.25) is 5.02 Å². The van der Waals surface area contributed by atoms with E-state index in [0.29, 0.717) is 18.0 Å². The van der Waals surface area contributed by atoms with Gasteiger partial charge in [0.2, 0.25) is 12.7 Å². The van der Waals surface area contributed by atoms with E-state index in [0.717, 1.165) is 36.9 Å². The molecule has 7 heteroatoms. The molecule has 0 bridgehead atoms. The van der Waals surface area contributed by atoms with Gasteiger partial charge in [0.1, 0.15) is 0 Å². The molecule has 2 aliphatic heterocycles. The van der Waals surface area contributed by atoms with Gasteiger partial charge in [0.05, 0.1) is 6.54 Å². The molecule has 0 spiro atoms. The molecule has 1 fully saturated rings. The quantitative estimate of drug-likeness (QED) is 0.873. The number of hydrogen-bond acceptors (Lipinski definition) is 5. The average Bonchev–Trinajstić information content (AvgIpc) is 3.12. The van der Waals surface area contributed by atoms with Gasteiger partial charge in [-0.15, -0.1) is 0 Å². The third kappa shape index (κ3) is 4.12. The van der Waals surface area contributed by atoms with Crippen molar-refractivity contribution < 1.29 is 14.3 Å². The van der Waals surface area contributed by atoms with E-state index in [1.54, 1.807) is 6.07 Å². The predicted octanol–water partition coefficient (Wildman–Crippen LogP) is 3.14. The minimum atomic E-state index is -0.0266. The van der Waals surface area contributed by atoms with Gasteiger partial charge in [-0.3, -0.25) is 9.69 Å². The second kappa shape index (κ2) is 7.66. The molecule has 0 saturated carbocycles. The largest absolute Gasteiger partial charge is 0.454 e. The van der Waals surface area contributed by atoms with Crippen LogP contribution < -0.4 is 19.7 Å². The van der Waals surface area contributed by atoms with E-state index < -0.39 is 0 Å². The number of carbonyl (C=O) groups is 1. The number of rotatable bonds is 4. The number of halogens is 1. The molecule has 142 valence electrons. The summed E-state index contributed by atoms with van der Waals surface area (Å²) in [5, 5.41) is 3.68. The number of aryl methyl sites for hydroxylation is 1. The molecular formula is C20H22ClN3O3. The van der Waals surface area contributed by atoms with E-state index in [1.807, 2.05) is 30.3 Å². The summed E-state index contributed by atoms with van der Waals surface area (Å²) >= 11 is 6.14. The number of benzene rings is 2. The van der Waals surface area contributed by atoms with Crippen molar-refractivity contribution in [3.05, 3.63) is 47.0 Å². The number of hydrogen-bond donors (Lipinski definition) is 1. The Morgan fingerprint density at radius 3 is 2.67 bits per heavy atom. The van der Waals surface area contributed by atoms with E-state index >= 15 is 0 Å². The minimum Gasteiger partial charge on any atom is -0.454 e. The Hall–Kier alpha value is -2.44. The molecule has 1 amide bonds. The molecule has 6 nitrogen and oxygen atoms in total. The molecule has 27 heavy (non-hydrogen) atoms. The third-order valence-corrected chi connectivity index (χ3v) is 5.14. The maximum Gasteiger partial charge on any atom is 0.238 e. The number of fused-ring (bicyclic) bond motifs is 1. The van der Waals surface area contributed by atoms with Crippen molar-refractivity contribution in [2.75, 3.05) is 49.7 Å². The number of amides is 1. The molecule has 0 atom stereocenters. The molecule has 0 radical (unpaired) electrons. The molecule has 0 aliphatic carbocycles. The van der Waals surface area contributed by atoms with Crippen LogP contribution in [-0.4, -0.2) is 50.3 Å². The van der Waals surface area contributed by atoms with E-state index in [4.69, 9.17) is 21.1 Å². The second-order valence-corrected chi connectivity index (χ2v) is 7.25. The van der Waals surface area contributed by atoms with Gasteiger partial charge < -0.3 is 19.7 Å². The lowest BCUT2D eigenvalue weighted by Crippen LogP contribution is -2.48. The molecule has 2 heterocycles. The minimum absolute atomic E-state index is 0.0266. The first-order valence-electron chi connectivity index (χ1n) is 9.01. The Morgan fingerprint density at radius 2 is 1.85 bits per heavy atom. The van der Waals surface area contributed by atoms with Crippen LogP contribution in [0.15, 0.2) is 36.4 Å². The Labute approximate surface area is 163 Å². The van der Waals surface area contributed by atoms with Crippen molar-refractivity contribution >= 4 is 28.9 Å². The first kappa shape index (κ1) is 17.9. The zero-order chi connectivity index (χ0) is 18.8. The van der Waals surface area contributed by atoms with Gasteiger partial charge in [-0.25, -0.2) is 0 Å². The lowest BCUT2D eigenvalue weighted by atomic mass is 10.1. The summed E-state index contributed by atoms with van der Waals surface area (Å²) in [5.41, 5.74) is 3.11. The Morgan fingerprint density at radius 1 is 1.07 bits per heavy atom. The van der Waals surface area contributed by atoms with Crippen LogP contribution in [0, 0.1) is 6.92 Å². The van der Waals surface area contributed by atoms with Crippen LogP contribution in [0.3, 0.4) is 0 Å². The molecule has 1 N–H and O–H groups in total. The molecular weight excluding hydrogens is 366 g/mol. The highest BCUT2D eigenvalue weighted by Gasteiger charge is 2.21. The fourth-order valence-electron chi connectivity index (χ4n) is 3.45. The normalized spacial score (nSPS) is 16.4. The first-order valence-corrected chi connectivity index (χ1v) is 9.39. The summed E-state index contributed by atoms with van der Waals surface area (Å²) in [6, 6.07) is 11.4. The number of carbonyl (C=O) groups excluding carboxylic acids is 1. The standard InChI is InChI=1S/C20H22ClN3O3/c1-14-2-3-15(21)10-17(14)24-8-6-23(7-9-24)12-20(25)22-16-4-5-18-19(11-16)27-13-26-18/h2-5,10-11H,6-9,12-13H2,1H3,(H,22,25). The van der Waals surface area contributed by atoms with Crippen LogP contribution in [0.1, 0.15) is 5.56 Å². The van der Waals surface area contributed by atoms with Crippen LogP contribution >= 0.6 is 11.6 Å². The highest BCUT2D eigenvalue weighted by Crippen LogP contribution is 2.34. The lowest BCUT2D eigenvalue weighted by molar-refractivity contribution is -0.117. The zero-order valence-electron chi connectivity index (χ0n) is 15.2. The topological polar surface area (TPSA) is 54.0 Å². The maximum atomic E-state index is 12.4. The SMILES string of the molecule is Cc1ccc(Cl)cc1N1CCN(CC(=O)Nc2ccc3c(c2)OCO3)CC1. The molecule has 4 rings (SSSR count). The molecule has 0 aromatic heterocycles. The van der Waals surface area contributed by atoms with Gasteiger partial charge in [0.15, 0.2) is 11.5 Å².